The lowest BCUT2D eigenvalue weighted by Crippen LogP contribution is -2.47. The van der Waals surface area contributed by atoms with E-state index in [1.54, 1.807) is 0 Å². The maximum atomic E-state index is 6.34. The first-order valence-electron chi connectivity index (χ1n) is 7.79. The predicted octanol–water partition coefficient (Wildman–Crippen LogP) is 6.55. The molecule has 5 heteroatoms. The zero-order valence-electron chi connectivity index (χ0n) is 14.0. The Bertz CT molecular complexity index is 629. The van der Waals surface area contributed by atoms with Crippen LogP contribution in [0.5, 0.6) is 11.5 Å². The molecule has 0 aliphatic carbocycles. The van der Waals surface area contributed by atoms with Crippen molar-refractivity contribution in [3.8, 4) is 11.5 Å². The van der Waals surface area contributed by atoms with Crippen molar-refractivity contribution in [2.24, 2.45) is 0 Å². The normalized spacial score (nSPS) is 11.4. The second-order valence-corrected chi connectivity index (χ2v) is 10.1. The van der Waals surface area contributed by atoms with E-state index in [9.17, 15) is 0 Å². The van der Waals surface area contributed by atoms with Crippen molar-refractivity contribution in [1.82, 2.24) is 0 Å². The van der Waals surface area contributed by atoms with E-state index in [0.29, 0.717) is 0 Å². The third kappa shape index (κ3) is 4.43. The highest BCUT2D eigenvalue weighted by Gasteiger charge is 2.38. The Morgan fingerprint density at radius 1 is 0.783 bits per heavy atom. The molecule has 0 saturated heterocycles. The highest BCUT2D eigenvalue weighted by atomic mass is 35.5. The van der Waals surface area contributed by atoms with Gasteiger partial charge in [-0.25, -0.2) is 0 Å². The highest BCUT2D eigenvalue weighted by molar-refractivity contribution is 6.68. The third-order valence-corrected chi connectivity index (χ3v) is 8.16. The summed E-state index contributed by atoms with van der Waals surface area (Å²) in [5.41, 5.74) is 2.00. The van der Waals surface area contributed by atoms with Gasteiger partial charge >= 0.3 is 8.56 Å². The lowest BCUT2D eigenvalue weighted by Gasteiger charge is -2.30. The molecule has 0 N–H and O–H groups in total. The lowest BCUT2D eigenvalue weighted by atomic mass is 10.2. The van der Waals surface area contributed by atoms with E-state index in [2.05, 4.69) is 13.8 Å². The summed E-state index contributed by atoms with van der Waals surface area (Å²) in [6.45, 7) is 8.17. The molecule has 2 aromatic carbocycles. The van der Waals surface area contributed by atoms with Crippen molar-refractivity contribution in [2.45, 2.75) is 39.8 Å². The van der Waals surface area contributed by atoms with E-state index in [4.69, 9.17) is 32.1 Å². The molecule has 0 aromatic heterocycles. The molecule has 0 saturated carbocycles. The summed E-state index contributed by atoms with van der Waals surface area (Å²) in [5, 5.41) is 1.48. The Morgan fingerprint density at radius 2 is 1.17 bits per heavy atom. The van der Waals surface area contributed by atoms with Crippen LogP contribution in [0.4, 0.5) is 0 Å². The molecule has 0 unspecified atom stereocenters. The van der Waals surface area contributed by atoms with Gasteiger partial charge in [0.1, 0.15) is 11.5 Å². The van der Waals surface area contributed by atoms with Crippen LogP contribution in [0.3, 0.4) is 0 Å². The Hall–Kier alpha value is -1.16. The number of rotatable bonds is 6. The lowest BCUT2D eigenvalue weighted by molar-refractivity contribution is 0.381. The predicted molar refractivity (Wildman–Crippen MR) is 100 cm³/mol. The van der Waals surface area contributed by atoms with Gasteiger partial charge < -0.3 is 8.85 Å². The minimum Gasteiger partial charge on any atom is -0.512 e. The fourth-order valence-electron chi connectivity index (χ4n) is 2.35. The van der Waals surface area contributed by atoms with Crippen LogP contribution in [0.25, 0.3) is 0 Å². The Labute approximate surface area is 149 Å². The standard InChI is InChI=1S/C18H22Cl2O2Si/c1-5-23(6-2,21-15-7-9-17(19)13(3)11-15)22-16-8-10-18(20)14(4)12-16/h7-12H,5-6H2,1-4H3. The molecule has 0 radical (unpaired) electrons. The minimum atomic E-state index is -2.39. The summed E-state index contributed by atoms with van der Waals surface area (Å²) in [6, 6.07) is 13.2. The van der Waals surface area contributed by atoms with Crippen molar-refractivity contribution < 1.29 is 8.85 Å². The number of hydrogen-bond acceptors (Lipinski definition) is 2. The second-order valence-electron chi connectivity index (χ2n) is 5.64. The number of benzene rings is 2. The van der Waals surface area contributed by atoms with Gasteiger partial charge in [0.15, 0.2) is 0 Å². The maximum absolute atomic E-state index is 6.34. The van der Waals surface area contributed by atoms with Crippen LogP contribution in [0.2, 0.25) is 22.1 Å². The van der Waals surface area contributed by atoms with E-state index in [1.807, 2.05) is 50.2 Å². The van der Waals surface area contributed by atoms with Gasteiger partial charge in [-0.15, -0.1) is 0 Å². The molecule has 23 heavy (non-hydrogen) atoms. The molecule has 0 atom stereocenters. The van der Waals surface area contributed by atoms with Crippen LogP contribution < -0.4 is 8.85 Å². The fraction of sp³-hybridized carbons (Fsp3) is 0.333. The molecular formula is C18H22Cl2O2Si. The summed E-state index contributed by atoms with van der Waals surface area (Å²) in [6.07, 6.45) is 0. The summed E-state index contributed by atoms with van der Waals surface area (Å²) in [5.74, 6) is 1.63. The SMILES string of the molecule is CC[Si](CC)(Oc1ccc(Cl)c(C)c1)Oc1ccc(Cl)c(C)c1. The number of hydrogen-bond donors (Lipinski definition) is 0. The van der Waals surface area contributed by atoms with E-state index < -0.39 is 8.56 Å². The van der Waals surface area contributed by atoms with Crippen LogP contribution in [-0.2, 0) is 0 Å². The van der Waals surface area contributed by atoms with Gasteiger partial charge in [0.05, 0.1) is 0 Å². The van der Waals surface area contributed by atoms with Crippen LogP contribution in [0.1, 0.15) is 25.0 Å². The smallest absolute Gasteiger partial charge is 0.459 e. The van der Waals surface area contributed by atoms with Crippen molar-refractivity contribution in [3.63, 3.8) is 0 Å². The topological polar surface area (TPSA) is 18.5 Å². The van der Waals surface area contributed by atoms with Gasteiger partial charge in [-0.1, -0.05) is 37.0 Å². The van der Waals surface area contributed by atoms with Crippen molar-refractivity contribution in [3.05, 3.63) is 57.6 Å². The quantitative estimate of drug-likeness (QED) is 0.538. The Balaban J connectivity index is 2.26. The van der Waals surface area contributed by atoms with Gasteiger partial charge in [-0.2, -0.15) is 0 Å². The van der Waals surface area contributed by atoms with E-state index in [0.717, 1.165) is 44.8 Å². The average Bonchev–Trinajstić information content (AvgIpc) is 2.54. The first kappa shape index (κ1) is 18.2. The first-order chi connectivity index (χ1) is 10.9. The zero-order valence-corrected chi connectivity index (χ0v) is 16.5. The summed E-state index contributed by atoms with van der Waals surface area (Å²) in [7, 11) is -2.39. The summed E-state index contributed by atoms with van der Waals surface area (Å²) in [4.78, 5) is 0. The summed E-state index contributed by atoms with van der Waals surface area (Å²) < 4.78 is 12.7. The van der Waals surface area contributed by atoms with Gasteiger partial charge in [-0.3, -0.25) is 0 Å². The second kappa shape index (κ2) is 7.60. The van der Waals surface area contributed by atoms with Crippen LogP contribution in [0.15, 0.2) is 36.4 Å². The summed E-state index contributed by atoms with van der Waals surface area (Å²) >= 11 is 12.2. The zero-order chi connectivity index (χ0) is 17.0. The van der Waals surface area contributed by atoms with Gasteiger partial charge in [-0.05, 0) is 61.4 Å². The molecule has 2 nitrogen and oxygen atoms in total. The molecular weight excluding hydrogens is 347 g/mol. The molecule has 0 aliphatic rings. The monoisotopic (exact) mass is 368 g/mol. The molecule has 124 valence electrons. The molecule has 0 fully saturated rings. The number of aryl methyl sites for hydroxylation is 2. The van der Waals surface area contributed by atoms with Gasteiger partial charge in [0.25, 0.3) is 0 Å². The van der Waals surface area contributed by atoms with Gasteiger partial charge in [0.2, 0.25) is 0 Å². The van der Waals surface area contributed by atoms with Crippen LogP contribution in [-0.4, -0.2) is 8.56 Å². The maximum Gasteiger partial charge on any atom is 0.459 e. The molecule has 2 rings (SSSR count). The van der Waals surface area contributed by atoms with Gasteiger partial charge in [0, 0.05) is 22.1 Å². The van der Waals surface area contributed by atoms with Crippen molar-refractivity contribution in [2.75, 3.05) is 0 Å². The van der Waals surface area contributed by atoms with Crippen LogP contribution >= 0.6 is 23.2 Å². The van der Waals surface area contributed by atoms with E-state index in [-0.39, 0.29) is 0 Å². The Morgan fingerprint density at radius 3 is 1.48 bits per heavy atom. The third-order valence-electron chi connectivity index (χ3n) is 3.94. The largest absolute Gasteiger partial charge is 0.512 e. The molecule has 0 bridgehead atoms. The van der Waals surface area contributed by atoms with Crippen molar-refractivity contribution in [1.29, 1.82) is 0 Å². The van der Waals surface area contributed by atoms with E-state index in [1.165, 1.54) is 0 Å². The average molecular weight is 369 g/mol. The highest BCUT2D eigenvalue weighted by Crippen LogP contribution is 2.30. The minimum absolute atomic E-state index is 0.742. The fourth-order valence-corrected chi connectivity index (χ4v) is 4.82. The van der Waals surface area contributed by atoms with Crippen molar-refractivity contribution >= 4 is 31.8 Å². The molecule has 0 spiro atoms. The van der Waals surface area contributed by atoms with E-state index >= 15 is 0 Å². The molecule has 0 heterocycles. The first-order valence-corrected chi connectivity index (χ1v) is 10.8. The molecule has 0 aliphatic heterocycles. The van der Waals surface area contributed by atoms with Crippen LogP contribution in [0, 0.1) is 13.8 Å². The molecule has 0 amide bonds. The number of halogens is 2. The Kier molecular flexibility index (Phi) is 6.01. The molecule has 2 aromatic rings.